The molecule has 4 amide bonds. The highest BCUT2D eigenvalue weighted by Gasteiger charge is 2.29. The number of hydrogen-bond donors (Lipinski definition) is 6. The van der Waals surface area contributed by atoms with Gasteiger partial charge in [-0.25, -0.2) is 0 Å². The van der Waals surface area contributed by atoms with Crippen molar-refractivity contribution in [3.8, 4) is 11.1 Å². The maximum Gasteiger partial charge on any atom is 0.244 e. The largest absolute Gasteiger partial charge is 0.370 e. The summed E-state index contributed by atoms with van der Waals surface area (Å²) in [6.07, 6.45) is 3.35. The molecule has 3 atom stereocenters. The minimum absolute atomic E-state index is 0.0796. The van der Waals surface area contributed by atoms with Gasteiger partial charge in [0.2, 0.25) is 23.6 Å². The molecule has 3 unspecified atom stereocenters. The average Bonchev–Trinajstić information content (AvgIpc) is 3.16. The van der Waals surface area contributed by atoms with E-state index in [0.29, 0.717) is 19.4 Å². The van der Waals surface area contributed by atoms with Crippen LogP contribution in [0.5, 0.6) is 0 Å². The van der Waals surface area contributed by atoms with Crippen molar-refractivity contribution in [3.05, 3.63) is 132 Å². The van der Waals surface area contributed by atoms with Gasteiger partial charge in [-0.3, -0.25) is 24.2 Å². The van der Waals surface area contributed by atoms with Gasteiger partial charge in [0, 0.05) is 25.3 Å². The van der Waals surface area contributed by atoms with Crippen LogP contribution >= 0.6 is 11.8 Å². The zero-order valence-electron chi connectivity index (χ0n) is 30.0. The van der Waals surface area contributed by atoms with E-state index < -0.39 is 29.9 Å². The lowest BCUT2D eigenvalue weighted by molar-refractivity contribution is -0.133. The molecule has 53 heavy (non-hydrogen) atoms. The highest BCUT2D eigenvalue weighted by atomic mass is 32.2. The quantitative estimate of drug-likeness (QED) is 0.0458. The summed E-state index contributed by atoms with van der Waals surface area (Å²) in [7, 11) is 0. The van der Waals surface area contributed by atoms with E-state index in [4.69, 9.17) is 11.5 Å². The second-order valence-electron chi connectivity index (χ2n) is 12.6. The van der Waals surface area contributed by atoms with Gasteiger partial charge in [-0.15, -0.1) is 0 Å². The van der Waals surface area contributed by atoms with Crippen molar-refractivity contribution in [2.24, 2.45) is 16.5 Å². The molecule has 0 saturated heterocycles. The van der Waals surface area contributed by atoms with Gasteiger partial charge in [-0.05, 0) is 53.3 Å². The summed E-state index contributed by atoms with van der Waals surface area (Å²) in [6, 6.07) is 34.0. The van der Waals surface area contributed by atoms with Crippen molar-refractivity contribution in [2.75, 3.05) is 25.1 Å². The van der Waals surface area contributed by atoms with Crippen molar-refractivity contribution in [1.82, 2.24) is 21.3 Å². The van der Waals surface area contributed by atoms with E-state index in [1.54, 1.807) is 0 Å². The van der Waals surface area contributed by atoms with Crippen molar-refractivity contribution in [3.63, 3.8) is 0 Å². The summed E-state index contributed by atoms with van der Waals surface area (Å²) in [5, 5.41) is 11.5. The lowest BCUT2D eigenvalue weighted by Gasteiger charge is -2.25. The Morgan fingerprint density at radius 1 is 0.642 bits per heavy atom. The smallest absolute Gasteiger partial charge is 0.244 e. The van der Waals surface area contributed by atoms with Crippen LogP contribution in [0.4, 0.5) is 0 Å². The second kappa shape index (κ2) is 21.7. The zero-order chi connectivity index (χ0) is 37.8. The van der Waals surface area contributed by atoms with E-state index in [1.807, 2.05) is 122 Å². The normalized spacial score (nSPS) is 12.4. The number of benzene rings is 4. The number of nitrogens with two attached hydrogens (primary N) is 2. The number of rotatable bonds is 20. The summed E-state index contributed by atoms with van der Waals surface area (Å²) in [6.45, 7) is 0.624. The van der Waals surface area contributed by atoms with E-state index in [0.717, 1.165) is 27.8 Å². The topological polar surface area (TPSA) is 181 Å². The number of amides is 4. The standard InChI is InChI=1S/C41H49N7O4S/c1-53-28-36(46-37(49)27-31-19-21-33(22-20-31)32-16-9-4-10-17-32)40(52)47-34(18-11-24-45-41(42)43)39(51)48-35(26-30-14-7-3-8-15-30)38(50)44-25-23-29-12-5-2-6-13-29/h2-10,12-17,19-22,34-36H,11,18,23-28H2,1H3,(H,44,50)(H,46,49)(H,47,52)(H,48,51)(H4,42,43,45). The zero-order valence-corrected chi connectivity index (χ0v) is 30.8. The Hall–Kier alpha value is -5.62. The van der Waals surface area contributed by atoms with Crippen LogP contribution < -0.4 is 32.7 Å². The number of carbonyl (C=O) groups excluding carboxylic acids is 4. The SMILES string of the molecule is CSCC(NC(=O)Cc1ccc(-c2ccccc2)cc1)C(=O)NC(CCCN=C(N)N)C(=O)NC(Cc1ccccc1)C(=O)NCCc1ccccc1. The Kier molecular flexibility index (Phi) is 16.4. The molecule has 4 aromatic carbocycles. The number of guanidine groups is 1. The minimum Gasteiger partial charge on any atom is -0.370 e. The first-order chi connectivity index (χ1) is 25.7. The average molecular weight is 736 g/mol. The van der Waals surface area contributed by atoms with Gasteiger partial charge in [-0.2, -0.15) is 11.8 Å². The molecule has 4 rings (SSSR count). The fourth-order valence-corrected chi connectivity index (χ4v) is 6.27. The predicted octanol–water partition coefficient (Wildman–Crippen LogP) is 3.37. The summed E-state index contributed by atoms with van der Waals surface area (Å²) in [5.41, 5.74) is 15.9. The first-order valence-electron chi connectivity index (χ1n) is 17.7. The van der Waals surface area contributed by atoms with E-state index in [-0.39, 0.29) is 49.3 Å². The molecule has 0 fully saturated rings. The van der Waals surface area contributed by atoms with Crippen molar-refractivity contribution < 1.29 is 19.2 Å². The van der Waals surface area contributed by atoms with Crippen LogP contribution in [0.1, 0.15) is 29.5 Å². The fraction of sp³-hybridized carbons (Fsp3) is 0.293. The maximum atomic E-state index is 13.9. The molecule has 0 bridgehead atoms. The Morgan fingerprint density at radius 3 is 1.83 bits per heavy atom. The third-order valence-corrected chi connectivity index (χ3v) is 9.13. The lowest BCUT2D eigenvalue weighted by atomic mass is 10.0. The van der Waals surface area contributed by atoms with Crippen LogP contribution in [0, 0.1) is 0 Å². The van der Waals surface area contributed by atoms with Crippen LogP contribution in [0.25, 0.3) is 11.1 Å². The second-order valence-corrected chi connectivity index (χ2v) is 13.5. The molecule has 0 aliphatic carbocycles. The van der Waals surface area contributed by atoms with Gasteiger partial charge in [0.25, 0.3) is 0 Å². The van der Waals surface area contributed by atoms with Gasteiger partial charge < -0.3 is 32.7 Å². The Balaban J connectivity index is 1.43. The molecule has 0 radical (unpaired) electrons. The highest BCUT2D eigenvalue weighted by molar-refractivity contribution is 7.98. The molecule has 0 heterocycles. The molecule has 0 aliphatic heterocycles. The molecular formula is C41H49N7O4S. The molecule has 11 nitrogen and oxygen atoms in total. The molecule has 4 aromatic rings. The van der Waals surface area contributed by atoms with Gasteiger partial charge in [-0.1, -0.05) is 115 Å². The van der Waals surface area contributed by atoms with Crippen molar-refractivity contribution >= 4 is 41.4 Å². The summed E-state index contributed by atoms with van der Waals surface area (Å²) in [4.78, 5) is 58.3. The van der Waals surface area contributed by atoms with Gasteiger partial charge in [0.15, 0.2) is 5.96 Å². The van der Waals surface area contributed by atoms with E-state index in [2.05, 4.69) is 26.3 Å². The summed E-state index contributed by atoms with van der Waals surface area (Å²) < 4.78 is 0. The van der Waals surface area contributed by atoms with Crippen LogP contribution in [0.2, 0.25) is 0 Å². The van der Waals surface area contributed by atoms with Crippen molar-refractivity contribution in [1.29, 1.82) is 0 Å². The molecule has 8 N–H and O–H groups in total. The first kappa shape index (κ1) is 40.2. The number of nitrogens with zero attached hydrogens (tertiary/aromatic N) is 1. The van der Waals surface area contributed by atoms with E-state index in [9.17, 15) is 19.2 Å². The number of carbonyl (C=O) groups is 4. The summed E-state index contributed by atoms with van der Waals surface area (Å²) in [5.74, 6) is -1.50. The van der Waals surface area contributed by atoms with Crippen LogP contribution in [-0.4, -0.2) is 72.8 Å². The number of nitrogens with one attached hydrogen (secondary N) is 4. The summed E-state index contributed by atoms with van der Waals surface area (Å²) >= 11 is 1.39. The first-order valence-corrected chi connectivity index (χ1v) is 19.1. The molecule has 278 valence electrons. The van der Waals surface area contributed by atoms with Gasteiger partial charge in [0.05, 0.1) is 6.42 Å². The number of thioether (sulfide) groups is 1. The molecule has 0 aliphatic rings. The van der Waals surface area contributed by atoms with Crippen LogP contribution in [-0.2, 0) is 38.4 Å². The monoisotopic (exact) mass is 735 g/mol. The fourth-order valence-electron chi connectivity index (χ4n) is 5.70. The van der Waals surface area contributed by atoms with E-state index in [1.165, 1.54) is 11.8 Å². The maximum absolute atomic E-state index is 13.9. The van der Waals surface area contributed by atoms with Gasteiger partial charge in [0.1, 0.15) is 18.1 Å². The minimum atomic E-state index is -1.03. The molecule has 12 heteroatoms. The van der Waals surface area contributed by atoms with Crippen molar-refractivity contribution in [2.45, 2.75) is 50.2 Å². The third kappa shape index (κ3) is 14.1. The van der Waals surface area contributed by atoms with Crippen LogP contribution in [0.15, 0.2) is 120 Å². The number of aliphatic imine (C=N–C) groups is 1. The van der Waals surface area contributed by atoms with Crippen LogP contribution in [0.3, 0.4) is 0 Å². The lowest BCUT2D eigenvalue weighted by Crippen LogP contribution is -2.57. The Bertz CT molecular complexity index is 1770. The highest BCUT2D eigenvalue weighted by Crippen LogP contribution is 2.19. The molecule has 0 aromatic heterocycles. The molecular weight excluding hydrogens is 687 g/mol. The molecule has 0 spiro atoms. The van der Waals surface area contributed by atoms with E-state index >= 15 is 0 Å². The third-order valence-electron chi connectivity index (χ3n) is 8.46. The van der Waals surface area contributed by atoms with Gasteiger partial charge >= 0.3 is 0 Å². The Morgan fingerprint density at radius 2 is 1.21 bits per heavy atom. The molecule has 0 saturated carbocycles. The Labute approximate surface area is 315 Å². The predicted molar refractivity (Wildman–Crippen MR) is 213 cm³/mol. The number of hydrogen-bond acceptors (Lipinski definition) is 6.